The molecule has 0 bridgehead atoms. The molecule has 1 aliphatic rings. The summed E-state index contributed by atoms with van der Waals surface area (Å²) in [5.74, 6) is 0. The lowest BCUT2D eigenvalue weighted by Gasteiger charge is -2.19. The van der Waals surface area contributed by atoms with Crippen molar-refractivity contribution in [2.24, 2.45) is 0 Å². The topological polar surface area (TPSA) is 87.0 Å². The molecule has 1 aliphatic carbocycles. The summed E-state index contributed by atoms with van der Waals surface area (Å²) in [5, 5.41) is 25.1. The molecule has 4 N–H and O–H groups in total. The van der Waals surface area contributed by atoms with Gasteiger partial charge in [-0.05, 0) is 36.4 Å². The molecule has 2 aromatic heterocycles. The van der Waals surface area contributed by atoms with Crippen LogP contribution in [0.1, 0.15) is 11.1 Å². The van der Waals surface area contributed by atoms with Crippen LogP contribution in [0.3, 0.4) is 0 Å². The molecule has 7 heteroatoms. The number of pyridine rings is 1. The predicted octanol–water partition coefficient (Wildman–Crippen LogP) is 1.22. The number of aromatic nitrogens is 3. The molecule has 0 saturated carbocycles. The van der Waals surface area contributed by atoms with Crippen LogP contribution in [0, 0.1) is 0 Å². The van der Waals surface area contributed by atoms with Crippen LogP contribution in [-0.4, -0.2) is 59.7 Å². The fraction of sp³-hybridized carbons (Fsp3) is 0.400. The molecule has 0 radical (unpaired) electrons. The highest BCUT2D eigenvalue weighted by Crippen LogP contribution is 2.41. The minimum atomic E-state index is 0.149. The molecule has 142 valence electrons. The zero-order valence-electron chi connectivity index (χ0n) is 15.6. The lowest BCUT2D eigenvalue weighted by molar-refractivity contribution is 0.291. The summed E-state index contributed by atoms with van der Waals surface area (Å²) < 4.78 is 2.07. The molecule has 2 heterocycles. The van der Waals surface area contributed by atoms with E-state index in [9.17, 15) is 0 Å². The summed E-state index contributed by atoms with van der Waals surface area (Å²) in [5.41, 5.74) is 7.06. The second kappa shape index (κ2) is 8.04. The van der Waals surface area contributed by atoms with Crippen LogP contribution in [0.4, 0.5) is 5.69 Å². The van der Waals surface area contributed by atoms with Crippen LogP contribution in [0.15, 0.2) is 30.6 Å². The van der Waals surface area contributed by atoms with E-state index < -0.39 is 0 Å². The van der Waals surface area contributed by atoms with Crippen molar-refractivity contribution in [2.45, 2.75) is 13.0 Å². The minimum Gasteiger partial charge on any atom is -0.395 e. The number of nitrogens with zero attached hydrogens (tertiary/aromatic N) is 3. The Bertz CT molecular complexity index is 936. The number of likely N-dealkylation sites (N-methyl/N-ethyl adjacent to an activating group) is 1. The molecule has 7 nitrogen and oxygen atoms in total. The maximum atomic E-state index is 8.95. The standard InChI is InChI=1S/C20H26N6O/c1-21-6-7-24-17-2-3-18-19-15(17)12-14-4-5-23-13-16(14)20(19)25-26(18)10-8-22-9-11-27/h2-5,13,21-22,24,27H,6-12H2,1H3. The van der Waals surface area contributed by atoms with E-state index in [0.29, 0.717) is 6.54 Å². The molecule has 0 unspecified atom stereocenters. The number of aliphatic hydroxyl groups is 1. The molecular formula is C20H26N6O. The Morgan fingerprint density at radius 3 is 2.93 bits per heavy atom. The van der Waals surface area contributed by atoms with Crippen LogP contribution in [0.25, 0.3) is 22.2 Å². The van der Waals surface area contributed by atoms with E-state index in [4.69, 9.17) is 10.2 Å². The van der Waals surface area contributed by atoms with Crippen molar-refractivity contribution in [3.05, 3.63) is 41.7 Å². The highest BCUT2D eigenvalue weighted by Gasteiger charge is 2.25. The van der Waals surface area contributed by atoms with Gasteiger partial charge in [0.25, 0.3) is 0 Å². The van der Waals surface area contributed by atoms with Gasteiger partial charge in [-0.3, -0.25) is 9.67 Å². The van der Waals surface area contributed by atoms with Gasteiger partial charge in [0.2, 0.25) is 0 Å². The molecule has 4 rings (SSSR count). The van der Waals surface area contributed by atoms with Gasteiger partial charge in [-0.2, -0.15) is 5.10 Å². The average Bonchev–Trinajstić information content (AvgIpc) is 3.07. The van der Waals surface area contributed by atoms with Gasteiger partial charge in [0, 0.05) is 61.6 Å². The molecular weight excluding hydrogens is 340 g/mol. The van der Waals surface area contributed by atoms with Crippen molar-refractivity contribution in [3.8, 4) is 11.3 Å². The first-order valence-corrected chi connectivity index (χ1v) is 9.49. The van der Waals surface area contributed by atoms with Gasteiger partial charge in [-0.1, -0.05) is 0 Å². The fourth-order valence-electron chi connectivity index (χ4n) is 3.74. The molecule has 0 spiro atoms. The number of rotatable bonds is 9. The molecule has 0 aliphatic heterocycles. The molecule has 1 aromatic carbocycles. The SMILES string of the molecule is CNCCNc1ccc2c3c(nn2CCNCCO)-c2cnccc2Cc13. The number of hydrogen-bond acceptors (Lipinski definition) is 6. The van der Waals surface area contributed by atoms with Crippen LogP contribution in [0.5, 0.6) is 0 Å². The van der Waals surface area contributed by atoms with Crippen molar-refractivity contribution in [1.29, 1.82) is 0 Å². The van der Waals surface area contributed by atoms with Gasteiger partial charge in [0.05, 0.1) is 18.7 Å². The fourth-order valence-corrected chi connectivity index (χ4v) is 3.74. The van der Waals surface area contributed by atoms with Crippen molar-refractivity contribution in [1.82, 2.24) is 25.4 Å². The van der Waals surface area contributed by atoms with E-state index in [1.807, 2.05) is 19.4 Å². The maximum absolute atomic E-state index is 8.95. The second-order valence-corrected chi connectivity index (χ2v) is 6.77. The van der Waals surface area contributed by atoms with E-state index in [0.717, 1.165) is 49.4 Å². The number of hydrogen-bond donors (Lipinski definition) is 4. The summed E-state index contributed by atoms with van der Waals surface area (Å²) in [6, 6.07) is 6.42. The third-order valence-electron chi connectivity index (χ3n) is 5.04. The molecule has 27 heavy (non-hydrogen) atoms. The summed E-state index contributed by atoms with van der Waals surface area (Å²) >= 11 is 0. The zero-order chi connectivity index (χ0) is 18.6. The Morgan fingerprint density at radius 1 is 1.15 bits per heavy atom. The summed E-state index contributed by atoms with van der Waals surface area (Å²) in [6.45, 7) is 4.08. The van der Waals surface area contributed by atoms with Crippen molar-refractivity contribution < 1.29 is 5.11 Å². The Labute approximate surface area is 158 Å². The molecule has 3 aromatic rings. The normalized spacial score (nSPS) is 12.4. The molecule has 0 amide bonds. The van der Waals surface area contributed by atoms with Gasteiger partial charge in [-0.25, -0.2) is 0 Å². The van der Waals surface area contributed by atoms with Gasteiger partial charge >= 0.3 is 0 Å². The highest BCUT2D eigenvalue weighted by molar-refractivity contribution is 6.01. The number of fused-ring (bicyclic) bond motifs is 2. The summed E-state index contributed by atoms with van der Waals surface area (Å²) in [7, 11) is 1.96. The van der Waals surface area contributed by atoms with E-state index in [1.54, 1.807) is 0 Å². The lowest BCUT2D eigenvalue weighted by Crippen LogP contribution is -2.23. The third kappa shape index (κ3) is 3.41. The van der Waals surface area contributed by atoms with E-state index in [2.05, 4.69) is 43.8 Å². The smallest absolute Gasteiger partial charge is 0.102 e. The third-order valence-corrected chi connectivity index (χ3v) is 5.04. The Kier molecular flexibility index (Phi) is 5.33. The maximum Gasteiger partial charge on any atom is 0.102 e. The van der Waals surface area contributed by atoms with Crippen LogP contribution >= 0.6 is 0 Å². The molecule has 0 fully saturated rings. The highest BCUT2D eigenvalue weighted by atomic mass is 16.3. The Hall–Kier alpha value is -2.48. The van der Waals surface area contributed by atoms with Crippen LogP contribution in [-0.2, 0) is 13.0 Å². The first kappa shape index (κ1) is 17.9. The molecule has 0 saturated heterocycles. The quantitative estimate of drug-likeness (QED) is 0.333. The monoisotopic (exact) mass is 366 g/mol. The lowest BCUT2D eigenvalue weighted by atomic mass is 9.88. The van der Waals surface area contributed by atoms with E-state index in [-0.39, 0.29) is 6.61 Å². The van der Waals surface area contributed by atoms with Crippen LogP contribution in [0.2, 0.25) is 0 Å². The number of nitrogens with one attached hydrogen (secondary N) is 3. The Balaban J connectivity index is 1.76. The Morgan fingerprint density at radius 2 is 2.07 bits per heavy atom. The van der Waals surface area contributed by atoms with Crippen molar-refractivity contribution in [3.63, 3.8) is 0 Å². The zero-order valence-corrected chi connectivity index (χ0v) is 15.6. The largest absolute Gasteiger partial charge is 0.395 e. The summed E-state index contributed by atoms with van der Waals surface area (Å²) in [6.07, 6.45) is 4.67. The van der Waals surface area contributed by atoms with Gasteiger partial charge < -0.3 is 21.1 Å². The summed E-state index contributed by atoms with van der Waals surface area (Å²) in [4.78, 5) is 4.32. The molecule has 0 atom stereocenters. The first-order valence-electron chi connectivity index (χ1n) is 9.49. The second-order valence-electron chi connectivity index (χ2n) is 6.77. The van der Waals surface area contributed by atoms with Gasteiger partial charge in [-0.15, -0.1) is 0 Å². The minimum absolute atomic E-state index is 0.149. The number of benzene rings is 1. The van der Waals surface area contributed by atoms with E-state index in [1.165, 1.54) is 22.2 Å². The van der Waals surface area contributed by atoms with Crippen molar-refractivity contribution >= 4 is 16.6 Å². The van der Waals surface area contributed by atoms with Crippen molar-refractivity contribution in [2.75, 3.05) is 45.2 Å². The van der Waals surface area contributed by atoms with Crippen LogP contribution < -0.4 is 16.0 Å². The van der Waals surface area contributed by atoms with Gasteiger partial charge in [0.15, 0.2) is 0 Å². The van der Waals surface area contributed by atoms with E-state index >= 15 is 0 Å². The first-order chi connectivity index (χ1) is 13.3. The number of anilines is 1. The average molecular weight is 366 g/mol. The number of aliphatic hydroxyl groups excluding tert-OH is 1. The predicted molar refractivity (Wildman–Crippen MR) is 108 cm³/mol. The van der Waals surface area contributed by atoms with Gasteiger partial charge in [0.1, 0.15) is 5.69 Å².